The largest absolute Gasteiger partial charge is 0.367 e. The van der Waals surface area contributed by atoms with Crippen LogP contribution in [0.3, 0.4) is 0 Å². The van der Waals surface area contributed by atoms with E-state index in [2.05, 4.69) is 10.4 Å². The van der Waals surface area contributed by atoms with Gasteiger partial charge in [0.05, 0.1) is 16.9 Å². The molecule has 0 saturated carbocycles. The number of aliphatic hydroxyl groups excluding tert-OH is 1. The number of anilines is 1. The molecule has 2 aromatic carbocycles. The number of aliphatic hydroxyl groups is 1. The van der Waals surface area contributed by atoms with Crippen LogP contribution in [0.15, 0.2) is 53.3 Å². The molecule has 0 saturated heterocycles. The van der Waals surface area contributed by atoms with Crippen molar-refractivity contribution in [2.24, 2.45) is 0 Å². The van der Waals surface area contributed by atoms with Crippen molar-refractivity contribution >= 4 is 34.1 Å². The van der Waals surface area contributed by atoms with Crippen molar-refractivity contribution in [3.63, 3.8) is 0 Å². The number of benzene rings is 2. The van der Waals surface area contributed by atoms with Gasteiger partial charge in [0, 0.05) is 10.4 Å². The predicted octanol–water partition coefficient (Wildman–Crippen LogP) is 2.34. The third-order valence-electron chi connectivity index (χ3n) is 3.98. The van der Waals surface area contributed by atoms with Gasteiger partial charge in [-0.05, 0) is 30.3 Å². The molecule has 0 aliphatic carbocycles. The van der Waals surface area contributed by atoms with Gasteiger partial charge in [-0.3, -0.25) is 20.0 Å². The van der Waals surface area contributed by atoms with Gasteiger partial charge in [0.25, 0.3) is 5.91 Å². The zero-order valence-corrected chi connectivity index (χ0v) is 13.0. The summed E-state index contributed by atoms with van der Waals surface area (Å²) >= 11 is 5.97. The highest BCUT2D eigenvalue weighted by molar-refractivity contribution is 6.31. The number of hydrazine groups is 1. The molecule has 0 radical (unpaired) electrons. The van der Waals surface area contributed by atoms with Gasteiger partial charge in [0.15, 0.2) is 6.23 Å². The molecule has 6 nitrogen and oxygen atoms in total. The minimum atomic E-state index is -1.23. The maximum Gasteiger partial charge on any atom is 0.275 e. The van der Waals surface area contributed by atoms with E-state index in [4.69, 9.17) is 11.6 Å². The number of pyridine rings is 1. The first-order valence-corrected chi connectivity index (χ1v) is 7.63. The van der Waals surface area contributed by atoms with E-state index in [1.54, 1.807) is 42.5 Å². The number of fused-ring (bicyclic) bond motifs is 2. The molecule has 3 N–H and O–H groups in total. The van der Waals surface area contributed by atoms with Gasteiger partial charge in [-0.2, -0.15) is 0 Å². The van der Waals surface area contributed by atoms with E-state index in [0.29, 0.717) is 21.6 Å². The number of carbonyl (C=O) groups excluding carboxylic acids is 1. The SMILES string of the molecule is O=C1NN(c2ccccc2)C(O)c2[nH]c3cc(Cl)ccc3c(=O)c21. The third-order valence-corrected chi connectivity index (χ3v) is 4.21. The minimum absolute atomic E-state index is 0.0931. The molecule has 0 spiro atoms. The van der Waals surface area contributed by atoms with Crippen LogP contribution >= 0.6 is 11.6 Å². The van der Waals surface area contributed by atoms with Gasteiger partial charge in [-0.25, -0.2) is 0 Å². The van der Waals surface area contributed by atoms with Crippen molar-refractivity contribution in [2.75, 3.05) is 5.01 Å². The summed E-state index contributed by atoms with van der Waals surface area (Å²) in [6, 6.07) is 13.6. The van der Waals surface area contributed by atoms with E-state index in [1.165, 1.54) is 5.01 Å². The molecular weight excluding hydrogens is 330 g/mol. The Morgan fingerprint density at radius 3 is 2.58 bits per heavy atom. The number of H-pyrrole nitrogens is 1. The van der Waals surface area contributed by atoms with E-state index >= 15 is 0 Å². The van der Waals surface area contributed by atoms with Crippen LogP contribution in [-0.4, -0.2) is 16.0 Å². The Morgan fingerprint density at radius 1 is 1.08 bits per heavy atom. The molecule has 0 fully saturated rings. The lowest BCUT2D eigenvalue weighted by molar-refractivity contribution is 0.0834. The number of halogens is 1. The fraction of sp³-hybridized carbons (Fsp3) is 0.0588. The van der Waals surface area contributed by atoms with Crippen molar-refractivity contribution in [2.45, 2.75) is 6.23 Å². The van der Waals surface area contributed by atoms with Crippen molar-refractivity contribution < 1.29 is 9.90 Å². The topological polar surface area (TPSA) is 85.4 Å². The van der Waals surface area contributed by atoms with Crippen LogP contribution in [0.5, 0.6) is 0 Å². The quantitative estimate of drug-likeness (QED) is 0.634. The van der Waals surface area contributed by atoms with E-state index < -0.39 is 17.6 Å². The Hall–Kier alpha value is -2.83. The Kier molecular flexibility index (Phi) is 3.30. The Labute approximate surface area is 141 Å². The smallest absolute Gasteiger partial charge is 0.275 e. The molecule has 2 heterocycles. The number of amides is 1. The first-order chi connectivity index (χ1) is 11.6. The second kappa shape index (κ2) is 5.36. The van der Waals surface area contributed by atoms with Crippen LogP contribution in [0.25, 0.3) is 10.9 Å². The molecule has 3 aromatic rings. The van der Waals surface area contributed by atoms with Crippen LogP contribution in [-0.2, 0) is 0 Å². The van der Waals surface area contributed by atoms with Gasteiger partial charge in [0.1, 0.15) is 5.56 Å². The molecule has 1 atom stereocenters. The number of aromatic amines is 1. The molecule has 120 valence electrons. The second-order valence-corrected chi connectivity index (χ2v) is 5.89. The Bertz CT molecular complexity index is 1020. The number of carbonyl (C=O) groups is 1. The van der Waals surface area contributed by atoms with Crippen molar-refractivity contribution in [1.82, 2.24) is 10.4 Å². The Balaban J connectivity index is 1.94. The first kappa shape index (κ1) is 14.7. The molecule has 24 heavy (non-hydrogen) atoms. The minimum Gasteiger partial charge on any atom is -0.367 e. The van der Waals surface area contributed by atoms with Crippen LogP contribution in [0.4, 0.5) is 5.69 Å². The van der Waals surface area contributed by atoms with Gasteiger partial charge in [0.2, 0.25) is 5.43 Å². The van der Waals surface area contributed by atoms with Crippen molar-refractivity contribution in [3.05, 3.63) is 75.0 Å². The zero-order chi connectivity index (χ0) is 16.8. The summed E-state index contributed by atoms with van der Waals surface area (Å²) in [5, 5.41) is 12.7. The van der Waals surface area contributed by atoms with Gasteiger partial charge < -0.3 is 10.1 Å². The summed E-state index contributed by atoms with van der Waals surface area (Å²) in [5.74, 6) is -0.572. The summed E-state index contributed by atoms with van der Waals surface area (Å²) in [5.41, 5.74) is 3.22. The maximum absolute atomic E-state index is 12.6. The lowest BCUT2D eigenvalue weighted by Gasteiger charge is -2.34. The number of aromatic nitrogens is 1. The third kappa shape index (κ3) is 2.16. The first-order valence-electron chi connectivity index (χ1n) is 7.25. The molecule has 1 aliphatic rings. The second-order valence-electron chi connectivity index (χ2n) is 5.45. The highest BCUT2D eigenvalue weighted by Gasteiger charge is 2.34. The van der Waals surface area contributed by atoms with E-state index in [1.807, 2.05) is 6.07 Å². The lowest BCUT2D eigenvalue weighted by Crippen LogP contribution is -2.51. The van der Waals surface area contributed by atoms with Crippen LogP contribution in [0.1, 0.15) is 22.3 Å². The average molecular weight is 342 g/mol. The van der Waals surface area contributed by atoms with E-state index in [-0.39, 0.29) is 11.3 Å². The highest BCUT2D eigenvalue weighted by Crippen LogP contribution is 2.28. The van der Waals surface area contributed by atoms with Crippen molar-refractivity contribution in [1.29, 1.82) is 0 Å². The molecule has 0 bridgehead atoms. The number of hydrogen-bond donors (Lipinski definition) is 3. The number of rotatable bonds is 1. The maximum atomic E-state index is 12.6. The number of para-hydroxylation sites is 1. The van der Waals surface area contributed by atoms with Gasteiger partial charge >= 0.3 is 0 Å². The fourth-order valence-corrected chi connectivity index (χ4v) is 3.02. The number of hydrogen-bond acceptors (Lipinski definition) is 4. The molecular formula is C17H12ClN3O3. The fourth-order valence-electron chi connectivity index (χ4n) is 2.85. The summed E-state index contributed by atoms with van der Waals surface area (Å²) in [6.07, 6.45) is -1.23. The van der Waals surface area contributed by atoms with Crippen molar-refractivity contribution in [3.8, 4) is 0 Å². The van der Waals surface area contributed by atoms with Crippen LogP contribution in [0.2, 0.25) is 5.02 Å². The standard InChI is InChI=1S/C17H12ClN3O3/c18-9-6-7-11-12(8-9)19-14-13(15(11)22)16(23)20-21(17(14)24)10-4-2-1-3-5-10/h1-8,17,24H,(H,19,22)(H,20,23). The molecule has 1 unspecified atom stereocenters. The lowest BCUT2D eigenvalue weighted by atomic mass is 10.0. The predicted molar refractivity (Wildman–Crippen MR) is 90.9 cm³/mol. The normalized spacial score (nSPS) is 16.8. The molecule has 1 amide bonds. The van der Waals surface area contributed by atoms with E-state index in [0.717, 1.165) is 0 Å². The summed E-state index contributed by atoms with van der Waals surface area (Å²) in [6.45, 7) is 0. The molecule has 1 aromatic heterocycles. The number of nitrogens with one attached hydrogen (secondary N) is 2. The zero-order valence-electron chi connectivity index (χ0n) is 12.3. The van der Waals surface area contributed by atoms with Crippen LogP contribution < -0.4 is 15.9 Å². The molecule has 4 rings (SSSR count). The van der Waals surface area contributed by atoms with Gasteiger partial charge in [-0.15, -0.1) is 0 Å². The highest BCUT2D eigenvalue weighted by atomic mass is 35.5. The summed E-state index contributed by atoms with van der Waals surface area (Å²) < 4.78 is 0. The van der Waals surface area contributed by atoms with Crippen LogP contribution in [0, 0.1) is 0 Å². The average Bonchev–Trinajstić information content (AvgIpc) is 2.58. The van der Waals surface area contributed by atoms with E-state index in [9.17, 15) is 14.7 Å². The summed E-state index contributed by atoms with van der Waals surface area (Å²) in [4.78, 5) is 28.0. The Morgan fingerprint density at radius 2 is 1.83 bits per heavy atom. The summed E-state index contributed by atoms with van der Waals surface area (Å²) in [7, 11) is 0. The molecule has 1 aliphatic heterocycles. The monoisotopic (exact) mass is 341 g/mol. The molecule has 7 heteroatoms. The number of nitrogens with zero attached hydrogens (tertiary/aromatic N) is 1. The van der Waals surface area contributed by atoms with Gasteiger partial charge in [-0.1, -0.05) is 29.8 Å².